The Bertz CT molecular complexity index is 708. The molecular formula is C17H21N3O5. The van der Waals surface area contributed by atoms with Crippen molar-refractivity contribution in [3.05, 3.63) is 35.5 Å². The summed E-state index contributed by atoms with van der Waals surface area (Å²) in [7, 11) is 2.42. The number of nitrogens with two attached hydrogens (primary N) is 1. The summed E-state index contributed by atoms with van der Waals surface area (Å²) in [6.45, 7) is 1.65. The minimum absolute atomic E-state index is 0.0754. The molecule has 134 valence electrons. The van der Waals surface area contributed by atoms with Crippen LogP contribution < -0.4 is 16.0 Å². The Morgan fingerprint density at radius 3 is 2.40 bits per heavy atom. The molecule has 1 amide bonds. The molecule has 8 nitrogen and oxygen atoms in total. The molecule has 0 radical (unpaired) electrons. The molecular weight excluding hydrogens is 326 g/mol. The number of amides is 1. The van der Waals surface area contributed by atoms with E-state index in [0.717, 1.165) is 32.0 Å². The van der Waals surface area contributed by atoms with Gasteiger partial charge in [-0.15, -0.1) is 0 Å². The molecule has 0 unspecified atom stereocenters. The normalized spacial score (nSPS) is 14.2. The van der Waals surface area contributed by atoms with Crippen LogP contribution in [0, 0.1) is 0 Å². The molecule has 0 aromatic heterocycles. The summed E-state index contributed by atoms with van der Waals surface area (Å²) in [5.74, 6) is -1.93. The Morgan fingerprint density at radius 2 is 1.84 bits per heavy atom. The summed E-state index contributed by atoms with van der Waals surface area (Å²) in [6, 6.07) is 4.92. The molecule has 0 atom stereocenters. The van der Waals surface area contributed by atoms with Gasteiger partial charge in [0.15, 0.2) is 0 Å². The third-order valence-corrected chi connectivity index (χ3v) is 3.86. The first-order valence-electron chi connectivity index (χ1n) is 7.80. The minimum atomic E-state index is -0.716. The molecule has 2 rings (SSSR count). The van der Waals surface area contributed by atoms with Gasteiger partial charge in [0.05, 0.1) is 31.5 Å². The van der Waals surface area contributed by atoms with E-state index in [1.165, 1.54) is 14.2 Å². The minimum Gasteiger partial charge on any atom is -0.466 e. The van der Waals surface area contributed by atoms with Crippen molar-refractivity contribution in [2.75, 3.05) is 37.5 Å². The van der Waals surface area contributed by atoms with Gasteiger partial charge in [0, 0.05) is 18.8 Å². The number of nitrogens with one attached hydrogen (secondary N) is 1. The van der Waals surface area contributed by atoms with Crippen molar-refractivity contribution < 1.29 is 23.9 Å². The first-order valence-corrected chi connectivity index (χ1v) is 7.80. The third-order valence-electron chi connectivity index (χ3n) is 3.86. The van der Waals surface area contributed by atoms with Crippen LogP contribution in [0.25, 0.3) is 0 Å². The van der Waals surface area contributed by atoms with Gasteiger partial charge in [0.25, 0.3) is 5.91 Å². The third kappa shape index (κ3) is 4.50. The predicted octanol–water partition coefficient (Wildman–Crippen LogP) is 1.03. The molecule has 1 aromatic carbocycles. The first-order chi connectivity index (χ1) is 12.0. The van der Waals surface area contributed by atoms with Gasteiger partial charge in [0.1, 0.15) is 5.70 Å². The lowest BCUT2D eigenvalue weighted by molar-refractivity contribution is -0.138. The number of anilines is 2. The lowest BCUT2D eigenvalue weighted by atomic mass is 10.1. The molecule has 8 heteroatoms. The van der Waals surface area contributed by atoms with Crippen molar-refractivity contribution in [2.45, 2.75) is 12.8 Å². The fourth-order valence-corrected chi connectivity index (χ4v) is 2.63. The number of hydrogen-bond acceptors (Lipinski definition) is 7. The molecule has 25 heavy (non-hydrogen) atoms. The van der Waals surface area contributed by atoms with Crippen LogP contribution in [0.1, 0.15) is 23.2 Å². The van der Waals surface area contributed by atoms with Crippen LogP contribution in [0.3, 0.4) is 0 Å². The highest BCUT2D eigenvalue weighted by atomic mass is 16.5. The van der Waals surface area contributed by atoms with Gasteiger partial charge < -0.3 is 25.4 Å². The largest absolute Gasteiger partial charge is 0.466 e. The molecule has 1 fully saturated rings. The Hall–Kier alpha value is -3.03. The maximum Gasteiger partial charge on any atom is 0.354 e. The van der Waals surface area contributed by atoms with Gasteiger partial charge in [-0.3, -0.25) is 4.79 Å². The smallest absolute Gasteiger partial charge is 0.354 e. The van der Waals surface area contributed by atoms with Crippen molar-refractivity contribution in [2.24, 2.45) is 5.73 Å². The average Bonchev–Trinajstić information content (AvgIpc) is 3.14. The molecule has 0 aliphatic carbocycles. The molecule has 1 aliphatic rings. The molecule has 0 bridgehead atoms. The average molecular weight is 347 g/mol. The zero-order valence-corrected chi connectivity index (χ0v) is 14.2. The van der Waals surface area contributed by atoms with E-state index in [1.54, 1.807) is 18.2 Å². The summed E-state index contributed by atoms with van der Waals surface area (Å²) in [5, 5.41) is 2.83. The van der Waals surface area contributed by atoms with Crippen LogP contribution in [-0.2, 0) is 19.1 Å². The highest BCUT2D eigenvalue weighted by Gasteiger charge is 2.20. The Balaban J connectivity index is 2.36. The van der Waals surface area contributed by atoms with E-state index in [1.807, 2.05) is 0 Å². The topological polar surface area (TPSA) is 111 Å². The number of rotatable bonds is 6. The number of methoxy groups -OCH3 is 2. The summed E-state index contributed by atoms with van der Waals surface area (Å²) in [4.78, 5) is 37.0. The van der Waals surface area contributed by atoms with Gasteiger partial charge in [-0.2, -0.15) is 0 Å². The molecule has 3 N–H and O–H groups in total. The van der Waals surface area contributed by atoms with Gasteiger partial charge in [-0.05, 0) is 31.0 Å². The summed E-state index contributed by atoms with van der Waals surface area (Å²) < 4.78 is 9.20. The Kier molecular flexibility index (Phi) is 5.99. The molecule has 1 aromatic rings. The van der Waals surface area contributed by atoms with Crippen LogP contribution >= 0.6 is 0 Å². The van der Waals surface area contributed by atoms with Crippen molar-refractivity contribution in [3.63, 3.8) is 0 Å². The molecule has 1 saturated heterocycles. The van der Waals surface area contributed by atoms with Crippen LogP contribution in [0.4, 0.5) is 11.4 Å². The number of esters is 2. The maximum absolute atomic E-state index is 11.8. The second kappa shape index (κ2) is 8.18. The van der Waals surface area contributed by atoms with Gasteiger partial charge in [-0.1, -0.05) is 0 Å². The summed E-state index contributed by atoms with van der Waals surface area (Å²) in [6.07, 6.45) is 3.07. The van der Waals surface area contributed by atoms with Crippen LogP contribution in [0.2, 0.25) is 0 Å². The van der Waals surface area contributed by atoms with E-state index in [9.17, 15) is 14.4 Å². The number of nitrogens with zero attached hydrogens (tertiary/aromatic N) is 1. The van der Waals surface area contributed by atoms with Crippen LogP contribution in [-0.4, -0.2) is 45.2 Å². The van der Waals surface area contributed by atoms with Crippen LogP contribution in [0.5, 0.6) is 0 Å². The first kappa shape index (κ1) is 18.3. The quantitative estimate of drug-likeness (QED) is 0.584. The van der Waals surface area contributed by atoms with Crippen molar-refractivity contribution >= 4 is 29.2 Å². The number of hydrogen-bond donors (Lipinski definition) is 2. The van der Waals surface area contributed by atoms with E-state index < -0.39 is 17.8 Å². The van der Waals surface area contributed by atoms with E-state index in [4.69, 9.17) is 5.73 Å². The summed E-state index contributed by atoms with van der Waals surface area (Å²) >= 11 is 0. The van der Waals surface area contributed by atoms with Gasteiger partial charge in [-0.25, -0.2) is 9.59 Å². The highest BCUT2D eigenvalue weighted by molar-refractivity contribution is 6.01. The fourth-order valence-electron chi connectivity index (χ4n) is 2.63. The monoisotopic (exact) mass is 347 g/mol. The van der Waals surface area contributed by atoms with Crippen molar-refractivity contribution in [1.29, 1.82) is 0 Å². The zero-order valence-electron chi connectivity index (χ0n) is 14.2. The number of carbonyl (C=O) groups is 3. The lowest BCUT2D eigenvalue weighted by Gasteiger charge is -2.21. The number of primary amides is 1. The molecule has 0 saturated carbocycles. The van der Waals surface area contributed by atoms with Crippen molar-refractivity contribution in [3.8, 4) is 0 Å². The maximum atomic E-state index is 11.8. The zero-order chi connectivity index (χ0) is 18.4. The van der Waals surface area contributed by atoms with Crippen molar-refractivity contribution in [1.82, 2.24) is 0 Å². The standard InChI is InChI=1S/C17H21N3O5/c1-24-15(21)10-13(17(23)25-2)19-11-5-6-12(16(18)22)14(9-11)20-7-3-4-8-20/h5-6,9-10,19H,3-4,7-8H2,1-2H3,(H2,18,22)/b13-10+. The number of benzene rings is 1. The molecule has 1 heterocycles. The van der Waals surface area contributed by atoms with E-state index >= 15 is 0 Å². The SMILES string of the molecule is COC(=O)/C=C(/Nc1ccc(C(N)=O)c(N2CCCC2)c1)C(=O)OC. The Labute approximate surface area is 145 Å². The fraction of sp³-hybridized carbons (Fsp3) is 0.353. The van der Waals surface area contributed by atoms with E-state index in [0.29, 0.717) is 16.9 Å². The Morgan fingerprint density at radius 1 is 1.16 bits per heavy atom. The molecule has 1 aliphatic heterocycles. The van der Waals surface area contributed by atoms with E-state index in [2.05, 4.69) is 19.7 Å². The number of ether oxygens (including phenoxy) is 2. The highest BCUT2D eigenvalue weighted by Crippen LogP contribution is 2.28. The second-order valence-electron chi connectivity index (χ2n) is 5.49. The van der Waals surface area contributed by atoms with Gasteiger partial charge >= 0.3 is 11.9 Å². The van der Waals surface area contributed by atoms with Crippen LogP contribution in [0.15, 0.2) is 30.0 Å². The van der Waals surface area contributed by atoms with Gasteiger partial charge in [0.2, 0.25) is 0 Å². The number of carbonyl (C=O) groups excluding carboxylic acids is 3. The second-order valence-corrected chi connectivity index (χ2v) is 5.49. The van der Waals surface area contributed by atoms with E-state index in [-0.39, 0.29) is 5.70 Å². The lowest BCUT2D eigenvalue weighted by Crippen LogP contribution is -2.23. The summed E-state index contributed by atoms with van der Waals surface area (Å²) in [5.41, 5.74) is 7.00. The molecule has 0 spiro atoms. The predicted molar refractivity (Wildman–Crippen MR) is 92.1 cm³/mol.